The fraction of sp³-hybridized carbons (Fsp3) is 0.900. The molecule has 14 N–H and O–H groups in total. The van der Waals surface area contributed by atoms with Crippen molar-refractivity contribution in [2.75, 3.05) is 33.0 Å². The predicted octanol–water partition coefficient (Wildman–Crippen LogP) is -3.81. The number of carbonyl (C=O) groups excluding carboxylic acids is 2. The fourth-order valence-electron chi connectivity index (χ4n) is 13.7. The molecule has 7 aliphatic rings. The molecule has 1 unspecified atom stereocenters. The highest BCUT2D eigenvalue weighted by molar-refractivity contribution is 5.90. The topological polar surface area (TPSA) is 418 Å². The number of fused-ring (bicyclic) bond motifs is 3. The van der Waals surface area contributed by atoms with Crippen molar-refractivity contribution < 1.29 is 129 Å². The Hall–Kier alpha value is -2.65. The quantitative estimate of drug-likeness (QED) is 0.0377. The summed E-state index contributed by atoms with van der Waals surface area (Å²) >= 11 is 0. The maximum atomic E-state index is 14.9. The summed E-state index contributed by atoms with van der Waals surface area (Å²) in [6.45, 7) is 8.44. The van der Waals surface area contributed by atoms with Gasteiger partial charge in [0.05, 0.1) is 49.5 Å². The largest absolute Gasteiger partial charge is 0.481 e. The van der Waals surface area contributed by atoms with Crippen molar-refractivity contribution in [2.45, 2.75) is 214 Å². The molecule has 3 aliphatic carbocycles. The maximum Gasteiger partial charge on any atom is 0.317 e. The van der Waals surface area contributed by atoms with Crippen molar-refractivity contribution in [1.29, 1.82) is 0 Å². The second-order valence-corrected chi connectivity index (χ2v) is 22.6. The van der Waals surface area contributed by atoms with E-state index in [-0.39, 0.29) is 11.8 Å². The van der Waals surface area contributed by atoms with Gasteiger partial charge in [-0.2, -0.15) is 0 Å². The van der Waals surface area contributed by atoms with E-state index in [4.69, 9.17) is 47.7 Å². The van der Waals surface area contributed by atoms with Crippen LogP contribution >= 0.6 is 0 Å². The molecular formula is C50H80O26. The third-order valence-electron chi connectivity index (χ3n) is 18.3. The lowest BCUT2D eigenvalue weighted by Crippen LogP contribution is -2.65. The van der Waals surface area contributed by atoms with E-state index in [0.717, 1.165) is 0 Å². The minimum atomic E-state index is -1.92. The Balaban J connectivity index is 1.12. The fourth-order valence-corrected chi connectivity index (χ4v) is 13.7. The molecule has 0 aromatic carbocycles. The van der Waals surface area contributed by atoms with Gasteiger partial charge in [0.15, 0.2) is 25.0 Å². The average molecular weight is 1100 g/mol. The zero-order valence-corrected chi connectivity index (χ0v) is 43.2. The lowest BCUT2D eigenvalue weighted by Gasteiger charge is -2.63. The van der Waals surface area contributed by atoms with E-state index in [9.17, 15) is 80.8 Å². The minimum Gasteiger partial charge on any atom is -0.481 e. The number of aliphatic hydroxyl groups is 13. The Labute approximate surface area is 439 Å². The van der Waals surface area contributed by atoms with Gasteiger partial charge < -0.3 is 114 Å². The van der Waals surface area contributed by atoms with Crippen LogP contribution in [0.5, 0.6) is 0 Å². The molecule has 26 atom stereocenters. The standard InChI is InChI=1S/C50H80O26/c1-6-50-13-9-27-47(3,10-7-11-48(27,4)46(67)75-44-40(37(64)33(60)24(18-53)70-44)74-43-39(66)36(63)32(59)23(17-52)69-43)28(50)8-12-49(5,21(2)15-50)76-45-41(38(65)34(61)25(19-54)71-45)73-42-22(16-51)31(58)35(62)26(72-42)20-68-30(57)14-29(55)56/h22-28,31-45,51-54,58-66H,2,6-20H2,1,3-5H3,(H,55,56)/t22-,23-,24-,25-,26-,27+,28+,31-,32-,33-,34-,35-,36+,37+,38+,39-,40-,41-,42+,43+,44+,45+,47-,48-,49?,50-/m1/s1. The first-order valence-electron chi connectivity index (χ1n) is 26.2. The van der Waals surface area contributed by atoms with Crippen LogP contribution in [0.4, 0.5) is 0 Å². The monoisotopic (exact) mass is 1100 g/mol. The van der Waals surface area contributed by atoms with Gasteiger partial charge in [0.1, 0.15) is 92.4 Å². The SMILES string of the molecule is C=C1C[C@@]2(CC)CC[C@H]3[C@@](C)(CCC[C@@]3(C)C(=O)O[C@@H]3O[C@H](CO)[C@@H](O)[C@H](O)[C@H]3O[C@@H]3O[C@H](CO)[C@@H](O)[C@H](O)[C@H]3O)[C@@H]2CCC1(C)O[C@@H]1O[C@H](CO)[C@@H](O)[C@H](O)[C@H]1O[C@@H]1O[C@H](COC(=O)CC(=O)O)[C@@H](O)[C@H](O)[C@H]1CO. The van der Waals surface area contributed by atoms with Crippen molar-refractivity contribution in [3.8, 4) is 0 Å². The summed E-state index contributed by atoms with van der Waals surface area (Å²) in [6.07, 6.45) is -28.7. The number of hydrogen-bond donors (Lipinski definition) is 14. The van der Waals surface area contributed by atoms with Crippen molar-refractivity contribution in [2.24, 2.45) is 34.0 Å². The summed E-state index contributed by atoms with van der Waals surface area (Å²) < 4.78 is 53.3. The van der Waals surface area contributed by atoms with E-state index >= 15 is 0 Å². The lowest BCUT2D eigenvalue weighted by molar-refractivity contribution is -0.372. The molecule has 26 heteroatoms. The van der Waals surface area contributed by atoms with Crippen LogP contribution in [0.1, 0.15) is 91.9 Å². The summed E-state index contributed by atoms with van der Waals surface area (Å²) in [7, 11) is 0. The number of rotatable bonds is 17. The van der Waals surface area contributed by atoms with Gasteiger partial charge >= 0.3 is 17.9 Å². The predicted molar refractivity (Wildman–Crippen MR) is 251 cm³/mol. The molecule has 7 rings (SSSR count). The van der Waals surface area contributed by atoms with Crippen molar-refractivity contribution in [1.82, 2.24) is 0 Å². The molecule has 4 saturated heterocycles. The molecule has 436 valence electrons. The first-order chi connectivity index (χ1) is 35.8. The Morgan fingerprint density at radius 3 is 1.71 bits per heavy atom. The maximum absolute atomic E-state index is 14.9. The van der Waals surface area contributed by atoms with Gasteiger partial charge in [-0.05, 0) is 93.5 Å². The van der Waals surface area contributed by atoms with Gasteiger partial charge in [-0.15, -0.1) is 0 Å². The van der Waals surface area contributed by atoms with Crippen LogP contribution in [-0.2, 0) is 57.0 Å². The zero-order chi connectivity index (χ0) is 56.0. The van der Waals surface area contributed by atoms with Crippen LogP contribution < -0.4 is 0 Å². The second-order valence-electron chi connectivity index (χ2n) is 22.6. The van der Waals surface area contributed by atoms with Gasteiger partial charge in [0.2, 0.25) is 6.29 Å². The van der Waals surface area contributed by atoms with Crippen LogP contribution in [0.15, 0.2) is 12.2 Å². The van der Waals surface area contributed by atoms with Crippen molar-refractivity contribution >= 4 is 17.9 Å². The summed E-state index contributed by atoms with van der Waals surface area (Å²) in [5.41, 5.74) is -2.77. The minimum absolute atomic E-state index is 0.0883. The number of aliphatic hydroxyl groups excluding tert-OH is 13. The summed E-state index contributed by atoms with van der Waals surface area (Å²) in [5.74, 6) is -5.18. The Morgan fingerprint density at radius 2 is 1.13 bits per heavy atom. The van der Waals surface area contributed by atoms with Crippen LogP contribution in [0.2, 0.25) is 0 Å². The van der Waals surface area contributed by atoms with Crippen LogP contribution in [-0.4, -0.2) is 245 Å². The number of carboxylic acids is 1. The number of aliphatic carboxylic acids is 1. The number of carbonyl (C=O) groups is 3. The van der Waals surface area contributed by atoms with Crippen molar-refractivity contribution in [3.05, 3.63) is 12.2 Å². The van der Waals surface area contributed by atoms with Crippen LogP contribution in [0, 0.1) is 34.0 Å². The molecule has 3 saturated carbocycles. The average Bonchev–Trinajstić information content (AvgIpc) is 3.49. The molecule has 0 radical (unpaired) electrons. The number of hydrogen-bond acceptors (Lipinski definition) is 25. The number of ether oxygens (including phenoxy) is 9. The van der Waals surface area contributed by atoms with E-state index < -0.39 is 202 Å². The van der Waals surface area contributed by atoms with E-state index in [1.807, 2.05) is 0 Å². The van der Waals surface area contributed by atoms with Gasteiger partial charge in [-0.3, -0.25) is 14.4 Å². The molecule has 26 nitrogen and oxygen atoms in total. The Bertz CT molecular complexity index is 2010. The Morgan fingerprint density at radius 1 is 0.605 bits per heavy atom. The highest BCUT2D eigenvalue weighted by atomic mass is 16.8. The Kier molecular flexibility index (Phi) is 19.4. The molecule has 7 fully saturated rings. The third-order valence-corrected chi connectivity index (χ3v) is 18.3. The van der Waals surface area contributed by atoms with E-state index in [1.54, 1.807) is 13.8 Å². The first-order valence-corrected chi connectivity index (χ1v) is 26.2. The molecule has 0 spiro atoms. The third kappa shape index (κ3) is 11.5. The molecule has 76 heavy (non-hydrogen) atoms. The lowest BCUT2D eigenvalue weighted by atomic mass is 9.41. The summed E-state index contributed by atoms with van der Waals surface area (Å²) in [5, 5.41) is 148. The second kappa shape index (κ2) is 24.2. The number of carboxylic acid groups (broad SMARTS) is 1. The normalized spacial score (nSPS) is 48.9. The highest BCUT2D eigenvalue weighted by Gasteiger charge is 2.65. The molecule has 0 aromatic rings. The smallest absolute Gasteiger partial charge is 0.317 e. The molecule has 0 amide bonds. The molecule has 0 aromatic heterocycles. The molecule has 0 bridgehead atoms. The molecular weight excluding hydrogens is 1020 g/mol. The van der Waals surface area contributed by atoms with E-state index in [1.165, 1.54) is 0 Å². The summed E-state index contributed by atoms with van der Waals surface area (Å²) in [6, 6.07) is 0. The van der Waals surface area contributed by atoms with Gasteiger partial charge in [-0.25, -0.2) is 0 Å². The van der Waals surface area contributed by atoms with Crippen LogP contribution in [0.3, 0.4) is 0 Å². The zero-order valence-electron chi connectivity index (χ0n) is 43.2. The van der Waals surface area contributed by atoms with Gasteiger partial charge in [0, 0.05) is 0 Å². The highest BCUT2D eigenvalue weighted by Crippen LogP contribution is 2.69. The number of esters is 2. The summed E-state index contributed by atoms with van der Waals surface area (Å²) in [4.78, 5) is 38.0. The van der Waals surface area contributed by atoms with E-state index in [0.29, 0.717) is 63.4 Å². The first kappa shape index (κ1) is 61.0. The molecule has 4 heterocycles. The van der Waals surface area contributed by atoms with Crippen LogP contribution in [0.25, 0.3) is 0 Å². The van der Waals surface area contributed by atoms with Crippen molar-refractivity contribution in [3.63, 3.8) is 0 Å². The van der Waals surface area contributed by atoms with Gasteiger partial charge in [0.25, 0.3) is 0 Å². The van der Waals surface area contributed by atoms with E-state index in [2.05, 4.69) is 20.4 Å². The van der Waals surface area contributed by atoms with Gasteiger partial charge in [-0.1, -0.05) is 26.8 Å². The molecule has 4 aliphatic heterocycles.